The van der Waals surface area contributed by atoms with Gasteiger partial charge in [-0.1, -0.05) is 18.2 Å². The molecule has 114 valence electrons. The summed E-state index contributed by atoms with van der Waals surface area (Å²) in [5.74, 6) is -0.796. The average Bonchev–Trinajstić information content (AvgIpc) is 2.97. The van der Waals surface area contributed by atoms with Gasteiger partial charge in [-0.3, -0.25) is 4.79 Å². The molecule has 1 heterocycles. The number of para-hydroxylation sites is 1. The number of nitrogens with one attached hydrogen (secondary N) is 1. The quantitative estimate of drug-likeness (QED) is 0.865. The highest BCUT2D eigenvalue weighted by Crippen LogP contribution is 2.20. The molecule has 0 aromatic heterocycles. The number of benzene rings is 1. The van der Waals surface area contributed by atoms with Crippen molar-refractivity contribution in [3.8, 4) is 0 Å². The van der Waals surface area contributed by atoms with Crippen LogP contribution < -0.4 is 5.32 Å². The predicted molar refractivity (Wildman–Crippen MR) is 79.1 cm³/mol. The minimum absolute atomic E-state index is 0.334. The third kappa shape index (κ3) is 3.82. The molecule has 21 heavy (non-hydrogen) atoms. The van der Waals surface area contributed by atoms with Crippen LogP contribution >= 0.6 is 0 Å². The fourth-order valence-corrected chi connectivity index (χ4v) is 2.30. The SMILES string of the molecule is Cc1cccc(C)c1NC(=O)[C@@H](C)OC(=O)[C@@H]1CCCO1. The van der Waals surface area contributed by atoms with Crippen LogP contribution in [0.3, 0.4) is 0 Å². The maximum absolute atomic E-state index is 12.1. The van der Waals surface area contributed by atoms with Crippen LogP contribution in [0.1, 0.15) is 30.9 Å². The van der Waals surface area contributed by atoms with Gasteiger partial charge in [-0.2, -0.15) is 0 Å². The Labute approximate surface area is 124 Å². The number of carbonyl (C=O) groups is 2. The van der Waals surface area contributed by atoms with Crippen molar-refractivity contribution in [3.63, 3.8) is 0 Å². The van der Waals surface area contributed by atoms with E-state index in [-0.39, 0.29) is 5.91 Å². The first-order valence-electron chi connectivity index (χ1n) is 7.18. The van der Waals surface area contributed by atoms with Crippen LogP contribution in [0.25, 0.3) is 0 Å². The van der Waals surface area contributed by atoms with Crippen molar-refractivity contribution in [1.29, 1.82) is 0 Å². The maximum Gasteiger partial charge on any atom is 0.336 e. The van der Waals surface area contributed by atoms with Crippen molar-refractivity contribution < 1.29 is 19.1 Å². The molecule has 5 nitrogen and oxygen atoms in total. The predicted octanol–water partition coefficient (Wildman–Crippen LogP) is 2.35. The fourth-order valence-electron chi connectivity index (χ4n) is 2.30. The number of ether oxygens (including phenoxy) is 2. The Morgan fingerprint density at radius 3 is 2.57 bits per heavy atom. The number of hydrogen-bond acceptors (Lipinski definition) is 4. The largest absolute Gasteiger partial charge is 0.451 e. The topological polar surface area (TPSA) is 64.6 Å². The lowest BCUT2D eigenvalue weighted by Gasteiger charge is -2.17. The monoisotopic (exact) mass is 291 g/mol. The van der Waals surface area contributed by atoms with Gasteiger partial charge in [0.25, 0.3) is 5.91 Å². The summed E-state index contributed by atoms with van der Waals surface area (Å²) in [7, 11) is 0. The first-order chi connectivity index (χ1) is 9.99. The summed E-state index contributed by atoms with van der Waals surface area (Å²) >= 11 is 0. The summed E-state index contributed by atoms with van der Waals surface area (Å²) in [5, 5.41) is 2.82. The van der Waals surface area contributed by atoms with Gasteiger partial charge in [0.2, 0.25) is 0 Å². The molecule has 0 saturated carbocycles. The number of rotatable bonds is 4. The molecule has 0 radical (unpaired) electrons. The van der Waals surface area contributed by atoms with Crippen LogP contribution in [-0.4, -0.2) is 30.7 Å². The summed E-state index contributed by atoms with van der Waals surface area (Å²) in [6, 6.07) is 5.78. The van der Waals surface area contributed by atoms with Crippen LogP contribution in [0.15, 0.2) is 18.2 Å². The minimum atomic E-state index is -0.847. The van der Waals surface area contributed by atoms with Gasteiger partial charge in [0.1, 0.15) is 0 Å². The molecule has 2 rings (SSSR count). The molecule has 1 aliphatic rings. The van der Waals surface area contributed by atoms with Crippen molar-refractivity contribution in [2.75, 3.05) is 11.9 Å². The number of carbonyl (C=O) groups excluding carboxylic acids is 2. The number of anilines is 1. The lowest BCUT2D eigenvalue weighted by Crippen LogP contribution is -2.34. The smallest absolute Gasteiger partial charge is 0.336 e. The first-order valence-corrected chi connectivity index (χ1v) is 7.18. The van der Waals surface area contributed by atoms with E-state index in [1.54, 1.807) is 6.92 Å². The third-order valence-electron chi connectivity index (χ3n) is 3.58. The molecule has 0 aliphatic carbocycles. The summed E-state index contributed by atoms with van der Waals surface area (Å²) in [6.07, 6.45) is 0.133. The lowest BCUT2D eigenvalue weighted by atomic mass is 10.1. The van der Waals surface area contributed by atoms with Crippen molar-refractivity contribution in [3.05, 3.63) is 29.3 Å². The van der Waals surface area contributed by atoms with Crippen LogP contribution in [-0.2, 0) is 19.1 Å². The van der Waals surface area contributed by atoms with Gasteiger partial charge < -0.3 is 14.8 Å². The number of esters is 1. The molecule has 1 N–H and O–H groups in total. The van der Waals surface area contributed by atoms with Gasteiger partial charge in [-0.25, -0.2) is 4.79 Å². The second-order valence-corrected chi connectivity index (χ2v) is 5.34. The molecule has 1 aromatic rings. The highest BCUT2D eigenvalue weighted by molar-refractivity contribution is 5.96. The van der Waals surface area contributed by atoms with Crippen LogP contribution in [0.5, 0.6) is 0 Å². The van der Waals surface area contributed by atoms with Crippen molar-refractivity contribution in [2.24, 2.45) is 0 Å². The van der Waals surface area contributed by atoms with Crippen molar-refractivity contribution >= 4 is 17.6 Å². The van der Waals surface area contributed by atoms with Gasteiger partial charge in [0, 0.05) is 12.3 Å². The van der Waals surface area contributed by atoms with Crippen molar-refractivity contribution in [2.45, 2.75) is 45.8 Å². The average molecular weight is 291 g/mol. The van der Waals surface area contributed by atoms with Gasteiger partial charge in [-0.05, 0) is 44.7 Å². The van der Waals surface area contributed by atoms with E-state index in [0.717, 1.165) is 23.2 Å². The Balaban J connectivity index is 1.94. The number of amides is 1. The van der Waals surface area contributed by atoms with Gasteiger partial charge in [0.05, 0.1) is 0 Å². The number of aryl methyl sites for hydroxylation is 2. The molecule has 2 atom stereocenters. The van der Waals surface area contributed by atoms with E-state index in [1.807, 2.05) is 32.0 Å². The normalized spacial score (nSPS) is 19.1. The van der Waals surface area contributed by atoms with E-state index in [9.17, 15) is 9.59 Å². The summed E-state index contributed by atoms with van der Waals surface area (Å²) in [5.41, 5.74) is 2.71. The summed E-state index contributed by atoms with van der Waals surface area (Å²) in [6.45, 7) is 5.98. The lowest BCUT2D eigenvalue weighted by molar-refractivity contribution is -0.162. The van der Waals surface area contributed by atoms with E-state index in [4.69, 9.17) is 9.47 Å². The molecule has 1 aromatic carbocycles. The Kier molecular flexibility index (Phi) is 4.96. The second kappa shape index (κ2) is 6.72. The zero-order valence-corrected chi connectivity index (χ0v) is 12.6. The molecular weight excluding hydrogens is 270 g/mol. The van der Waals surface area contributed by atoms with E-state index in [1.165, 1.54) is 0 Å². The van der Waals surface area contributed by atoms with Gasteiger partial charge in [-0.15, -0.1) is 0 Å². The molecule has 1 amide bonds. The number of hydrogen-bond donors (Lipinski definition) is 1. The Morgan fingerprint density at radius 2 is 2.00 bits per heavy atom. The Bertz CT molecular complexity index is 515. The zero-order chi connectivity index (χ0) is 15.4. The van der Waals surface area contributed by atoms with Crippen LogP contribution in [0.2, 0.25) is 0 Å². The van der Waals surface area contributed by atoms with E-state index >= 15 is 0 Å². The van der Waals surface area contributed by atoms with Crippen LogP contribution in [0.4, 0.5) is 5.69 Å². The second-order valence-electron chi connectivity index (χ2n) is 5.34. The third-order valence-corrected chi connectivity index (χ3v) is 3.58. The standard InChI is InChI=1S/C16H21NO4/c1-10-6-4-7-11(2)14(10)17-15(18)12(3)21-16(19)13-8-5-9-20-13/h4,6-7,12-13H,5,8-9H2,1-3H3,(H,17,18)/t12-,13+/m1/s1. The molecule has 0 unspecified atom stereocenters. The summed E-state index contributed by atoms with van der Waals surface area (Å²) in [4.78, 5) is 24.0. The highest BCUT2D eigenvalue weighted by Gasteiger charge is 2.28. The van der Waals surface area contributed by atoms with Gasteiger partial charge in [0.15, 0.2) is 12.2 Å². The molecule has 0 bridgehead atoms. The summed E-state index contributed by atoms with van der Waals surface area (Å²) < 4.78 is 10.4. The van der Waals surface area contributed by atoms with E-state index in [2.05, 4.69) is 5.32 Å². The van der Waals surface area contributed by atoms with Gasteiger partial charge >= 0.3 is 5.97 Å². The fraction of sp³-hybridized carbons (Fsp3) is 0.500. The highest BCUT2D eigenvalue weighted by atomic mass is 16.6. The van der Waals surface area contributed by atoms with E-state index in [0.29, 0.717) is 13.0 Å². The molecule has 0 spiro atoms. The molecule has 1 aliphatic heterocycles. The molecule has 1 fully saturated rings. The minimum Gasteiger partial charge on any atom is -0.451 e. The van der Waals surface area contributed by atoms with E-state index < -0.39 is 18.2 Å². The maximum atomic E-state index is 12.1. The first kappa shape index (κ1) is 15.5. The molecule has 5 heteroatoms. The Hall–Kier alpha value is -1.88. The zero-order valence-electron chi connectivity index (χ0n) is 12.6. The van der Waals surface area contributed by atoms with Crippen molar-refractivity contribution in [1.82, 2.24) is 0 Å². The molecular formula is C16H21NO4. The molecule has 1 saturated heterocycles. The Morgan fingerprint density at radius 1 is 1.33 bits per heavy atom. The van der Waals surface area contributed by atoms with Crippen LogP contribution in [0, 0.1) is 13.8 Å².